The number of fused-ring (bicyclic) bond motifs is 3. The Balaban J connectivity index is 1.71. The summed E-state index contributed by atoms with van der Waals surface area (Å²) >= 11 is 0. The Morgan fingerprint density at radius 1 is 1.14 bits per heavy atom. The number of ketones is 1. The highest BCUT2D eigenvalue weighted by atomic mass is 16.1. The third kappa shape index (κ3) is 1.57. The van der Waals surface area contributed by atoms with E-state index in [0.717, 1.165) is 17.8 Å². The smallest absolute Gasteiger partial charge is 0.180 e. The van der Waals surface area contributed by atoms with Crippen molar-refractivity contribution >= 4 is 11.5 Å². The zero-order valence-electron chi connectivity index (χ0n) is 13.0. The minimum atomic E-state index is -0.0649. The Morgan fingerprint density at radius 3 is 3.00 bits per heavy atom. The van der Waals surface area contributed by atoms with Gasteiger partial charge in [0.25, 0.3) is 0 Å². The van der Waals surface area contributed by atoms with Crippen molar-refractivity contribution in [3.8, 4) is 0 Å². The van der Waals surface area contributed by atoms with Gasteiger partial charge < -0.3 is 4.90 Å². The molecule has 0 aromatic heterocycles. The number of hydrogen-bond donors (Lipinski definition) is 0. The average Bonchev–Trinajstić information content (AvgIpc) is 2.86. The van der Waals surface area contributed by atoms with Crippen LogP contribution in [0.2, 0.25) is 0 Å². The van der Waals surface area contributed by atoms with Gasteiger partial charge in [0.1, 0.15) is 5.66 Å². The molecular weight excluding hydrogens is 272 g/mol. The van der Waals surface area contributed by atoms with Crippen molar-refractivity contribution in [3.63, 3.8) is 0 Å². The Kier molecular flexibility index (Phi) is 2.59. The first-order valence-corrected chi connectivity index (χ1v) is 8.83. The van der Waals surface area contributed by atoms with E-state index in [-0.39, 0.29) is 11.4 Å². The summed E-state index contributed by atoms with van der Waals surface area (Å²) in [5.41, 5.74) is 5.25. The molecule has 5 aliphatic rings. The summed E-state index contributed by atoms with van der Waals surface area (Å²) in [7, 11) is 0. The van der Waals surface area contributed by atoms with Crippen LogP contribution in [-0.4, -0.2) is 22.1 Å². The average molecular weight is 294 g/mol. The highest BCUT2D eigenvalue weighted by Crippen LogP contribution is 2.55. The first-order chi connectivity index (χ1) is 10.8. The second-order valence-corrected chi connectivity index (χ2v) is 7.38. The number of carbonyl (C=O) groups is 1. The molecule has 114 valence electrons. The van der Waals surface area contributed by atoms with E-state index in [1.54, 1.807) is 11.6 Å². The van der Waals surface area contributed by atoms with Crippen LogP contribution in [-0.2, 0) is 4.79 Å². The van der Waals surface area contributed by atoms with Crippen LogP contribution in [0.5, 0.6) is 0 Å². The predicted octanol–water partition coefficient (Wildman–Crippen LogP) is 3.88. The molecule has 2 atom stereocenters. The van der Waals surface area contributed by atoms with Crippen LogP contribution in [0.4, 0.5) is 0 Å². The van der Waals surface area contributed by atoms with Crippen molar-refractivity contribution in [2.24, 2.45) is 10.9 Å². The van der Waals surface area contributed by atoms with E-state index in [4.69, 9.17) is 4.99 Å². The topological polar surface area (TPSA) is 32.7 Å². The first-order valence-electron chi connectivity index (χ1n) is 8.83. The maximum absolute atomic E-state index is 11.9. The molecule has 5 rings (SSSR count). The predicted molar refractivity (Wildman–Crippen MR) is 86.3 cm³/mol. The molecular formula is C19H22N2O. The van der Waals surface area contributed by atoms with Gasteiger partial charge in [-0.05, 0) is 63.5 Å². The SMILES string of the molecule is O=C1C=CC2=N[C@]34CCCCC3CC3=C(CCCC3)N4C2=C1. The molecule has 3 nitrogen and oxygen atoms in total. The van der Waals surface area contributed by atoms with E-state index in [1.165, 1.54) is 57.1 Å². The molecule has 0 bridgehead atoms. The third-order valence-electron chi connectivity index (χ3n) is 6.20. The van der Waals surface area contributed by atoms with Crippen molar-refractivity contribution in [3.05, 3.63) is 35.2 Å². The van der Waals surface area contributed by atoms with E-state index in [1.807, 2.05) is 12.2 Å². The molecule has 3 aliphatic carbocycles. The standard InChI is InChI=1S/C19H22N2O/c22-15-8-9-16-18(12-15)21-17-7-2-1-5-13(17)11-14-6-3-4-10-19(14,21)20-16/h8-9,12,14H,1-7,10-11H2/t14?,19-/m0/s1. The Hall–Kier alpha value is -1.64. The zero-order chi connectivity index (χ0) is 14.7. The fourth-order valence-corrected chi connectivity index (χ4v) is 5.28. The number of carbonyl (C=O) groups excluding carboxylic acids is 1. The Labute approximate surface area is 131 Å². The summed E-state index contributed by atoms with van der Waals surface area (Å²) in [6.45, 7) is 0. The molecule has 0 radical (unpaired) electrons. The lowest BCUT2D eigenvalue weighted by Gasteiger charge is -2.52. The molecule has 0 saturated heterocycles. The summed E-state index contributed by atoms with van der Waals surface area (Å²) in [5, 5.41) is 0. The van der Waals surface area contributed by atoms with E-state index in [2.05, 4.69) is 4.90 Å². The van der Waals surface area contributed by atoms with Gasteiger partial charge in [-0.2, -0.15) is 0 Å². The fourth-order valence-electron chi connectivity index (χ4n) is 5.28. The van der Waals surface area contributed by atoms with Gasteiger partial charge >= 0.3 is 0 Å². The Bertz CT molecular complexity index is 682. The molecule has 3 heteroatoms. The highest BCUT2D eigenvalue weighted by molar-refractivity contribution is 6.20. The normalized spacial score (nSPS) is 36.3. The van der Waals surface area contributed by atoms with Crippen LogP contribution in [0, 0.1) is 5.92 Å². The third-order valence-corrected chi connectivity index (χ3v) is 6.20. The van der Waals surface area contributed by atoms with Crippen molar-refractivity contribution in [1.82, 2.24) is 4.90 Å². The van der Waals surface area contributed by atoms with Crippen LogP contribution >= 0.6 is 0 Å². The maximum atomic E-state index is 11.9. The van der Waals surface area contributed by atoms with E-state index >= 15 is 0 Å². The van der Waals surface area contributed by atoms with Gasteiger partial charge in [-0.3, -0.25) is 9.79 Å². The number of allylic oxidation sites excluding steroid dienone is 5. The van der Waals surface area contributed by atoms with Crippen LogP contribution in [0.1, 0.15) is 57.8 Å². The van der Waals surface area contributed by atoms with E-state index < -0.39 is 0 Å². The first kappa shape index (κ1) is 12.9. The van der Waals surface area contributed by atoms with Crippen molar-refractivity contribution in [2.45, 2.75) is 63.5 Å². The van der Waals surface area contributed by atoms with Crippen molar-refractivity contribution in [2.75, 3.05) is 0 Å². The summed E-state index contributed by atoms with van der Waals surface area (Å²) in [6, 6.07) is 0. The molecule has 1 fully saturated rings. The van der Waals surface area contributed by atoms with Crippen LogP contribution in [0.15, 0.2) is 40.2 Å². The lowest BCUT2D eigenvalue weighted by Crippen LogP contribution is -2.53. The van der Waals surface area contributed by atoms with Gasteiger partial charge in [-0.15, -0.1) is 0 Å². The molecule has 0 amide bonds. The lowest BCUT2D eigenvalue weighted by atomic mass is 9.70. The number of aliphatic imine (C=N–C) groups is 1. The molecule has 1 spiro atoms. The largest absolute Gasteiger partial charge is 0.318 e. The summed E-state index contributed by atoms with van der Waals surface area (Å²) < 4.78 is 0. The molecule has 1 unspecified atom stereocenters. The second-order valence-electron chi connectivity index (χ2n) is 7.38. The zero-order valence-corrected chi connectivity index (χ0v) is 13.0. The summed E-state index contributed by atoms with van der Waals surface area (Å²) in [5.74, 6) is 0.752. The number of nitrogens with zero attached hydrogens (tertiary/aromatic N) is 2. The van der Waals surface area contributed by atoms with Gasteiger partial charge in [0.2, 0.25) is 0 Å². The van der Waals surface area contributed by atoms with E-state index in [9.17, 15) is 4.79 Å². The van der Waals surface area contributed by atoms with Crippen LogP contribution in [0.25, 0.3) is 0 Å². The maximum Gasteiger partial charge on any atom is 0.180 e. The lowest BCUT2D eigenvalue weighted by molar-refractivity contribution is -0.110. The number of rotatable bonds is 0. The molecule has 0 aromatic carbocycles. The molecule has 0 aromatic rings. The Morgan fingerprint density at radius 2 is 2.05 bits per heavy atom. The fraction of sp³-hybridized carbons (Fsp3) is 0.579. The molecule has 1 saturated carbocycles. The molecule has 0 N–H and O–H groups in total. The summed E-state index contributed by atoms with van der Waals surface area (Å²) in [6.07, 6.45) is 16.8. The van der Waals surface area contributed by atoms with Gasteiger partial charge in [0.15, 0.2) is 5.78 Å². The van der Waals surface area contributed by atoms with Crippen LogP contribution < -0.4 is 0 Å². The quantitative estimate of drug-likeness (QED) is 0.635. The molecule has 2 aliphatic heterocycles. The van der Waals surface area contributed by atoms with Crippen molar-refractivity contribution < 1.29 is 4.79 Å². The van der Waals surface area contributed by atoms with Crippen LogP contribution in [0.3, 0.4) is 0 Å². The second kappa shape index (κ2) is 4.43. The van der Waals surface area contributed by atoms with E-state index in [0.29, 0.717) is 5.92 Å². The number of hydrogen-bond acceptors (Lipinski definition) is 3. The van der Waals surface area contributed by atoms with Gasteiger partial charge in [0.05, 0.1) is 11.4 Å². The highest BCUT2D eigenvalue weighted by Gasteiger charge is 2.55. The molecule has 22 heavy (non-hydrogen) atoms. The summed E-state index contributed by atoms with van der Waals surface area (Å²) in [4.78, 5) is 19.7. The van der Waals surface area contributed by atoms with Gasteiger partial charge in [-0.25, -0.2) is 0 Å². The van der Waals surface area contributed by atoms with Gasteiger partial charge in [-0.1, -0.05) is 12.0 Å². The molecule has 2 heterocycles. The minimum absolute atomic E-state index is 0.0649. The monoisotopic (exact) mass is 294 g/mol. The van der Waals surface area contributed by atoms with Crippen molar-refractivity contribution in [1.29, 1.82) is 0 Å². The van der Waals surface area contributed by atoms with Gasteiger partial charge in [0, 0.05) is 17.7 Å². The minimum Gasteiger partial charge on any atom is -0.318 e.